The molecule has 11 nitrogen and oxygen atoms in total. The second-order valence-corrected chi connectivity index (χ2v) is 12.1. The number of urea groups is 1. The number of carbonyl (C=O) groups excluding carboxylic acids is 3. The Kier molecular flexibility index (Phi) is 7.15. The number of aromatic nitrogens is 2. The van der Waals surface area contributed by atoms with E-state index in [0.717, 1.165) is 12.8 Å². The second-order valence-electron chi connectivity index (χ2n) is 11.1. The maximum Gasteiger partial charge on any atom is 0.410 e. The van der Waals surface area contributed by atoms with Crippen molar-refractivity contribution < 1.29 is 23.9 Å². The highest BCUT2D eigenvalue weighted by Crippen LogP contribution is 2.45. The highest BCUT2D eigenvalue weighted by molar-refractivity contribution is 7.21. The molecular formula is C30H30N6O5S. The van der Waals surface area contributed by atoms with Gasteiger partial charge in [-0.2, -0.15) is 0 Å². The van der Waals surface area contributed by atoms with Crippen LogP contribution < -0.4 is 20.3 Å². The summed E-state index contributed by atoms with van der Waals surface area (Å²) in [6.07, 6.45) is 4.24. The molecule has 4 aromatic rings. The van der Waals surface area contributed by atoms with Crippen molar-refractivity contribution in [1.29, 1.82) is 0 Å². The van der Waals surface area contributed by atoms with Crippen molar-refractivity contribution in [1.82, 2.24) is 20.2 Å². The number of thiophene rings is 1. The van der Waals surface area contributed by atoms with Crippen molar-refractivity contribution in [3.8, 4) is 11.5 Å². The molecule has 2 N–H and O–H groups in total. The molecule has 1 unspecified atom stereocenters. The van der Waals surface area contributed by atoms with Crippen LogP contribution in [0.2, 0.25) is 0 Å². The molecule has 1 fully saturated rings. The largest absolute Gasteiger partial charge is 0.456 e. The number of hydrogen-bond donors (Lipinski definition) is 2. The van der Waals surface area contributed by atoms with Crippen LogP contribution in [0.25, 0.3) is 10.2 Å². The summed E-state index contributed by atoms with van der Waals surface area (Å²) in [6.45, 7) is 6.39. The number of likely N-dealkylation sites (tertiary alicyclic amines) is 1. The van der Waals surface area contributed by atoms with E-state index in [1.54, 1.807) is 35.5 Å². The van der Waals surface area contributed by atoms with Gasteiger partial charge in [0.25, 0.3) is 5.91 Å². The molecular weight excluding hydrogens is 556 g/mol. The van der Waals surface area contributed by atoms with E-state index in [1.165, 1.54) is 16.2 Å². The highest BCUT2D eigenvalue weighted by atomic mass is 32.1. The molecule has 5 heterocycles. The number of para-hydroxylation sites is 1. The molecule has 0 saturated carbocycles. The summed E-state index contributed by atoms with van der Waals surface area (Å²) in [5.74, 6) is 1.28. The molecule has 1 aromatic carbocycles. The lowest BCUT2D eigenvalue weighted by Gasteiger charge is -2.34. The first kappa shape index (κ1) is 27.5. The van der Waals surface area contributed by atoms with Gasteiger partial charge in [-0.05, 0) is 63.9 Å². The second kappa shape index (κ2) is 10.9. The number of anilines is 3. The van der Waals surface area contributed by atoms with E-state index in [-0.39, 0.29) is 11.9 Å². The normalized spacial score (nSPS) is 16.6. The third-order valence-corrected chi connectivity index (χ3v) is 7.89. The molecule has 0 spiro atoms. The Morgan fingerprint density at radius 2 is 1.88 bits per heavy atom. The van der Waals surface area contributed by atoms with E-state index in [2.05, 4.69) is 20.6 Å². The number of ether oxygens (including phenoxy) is 2. The van der Waals surface area contributed by atoms with Crippen LogP contribution in [0, 0.1) is 0 Å². The first-order valence-electron chi connectivity index (χ1n) is 13.7. The molecule has 0 aliphatic carbocycles. The molecule has 0 bridgehead atoms. The van der Waals surface area contributed by atoms with Crippen LogP contribution in [0.15, 0.2) is 60.9 Å². The van der Waals surface area contributed by atoms with Gasteiger partial charge < -0.3 is 25.0 Å². The van der Waals surface area contributed by atoms with Crippen LogP contribution >= 0.6 is 11.3 Å². The Morgan fingerprint density at radius 1 is 1.07 bits per heavy atom. The number of rotatable bonds is 5. The fraction of sp³-hybridized carbons (Fsp3) is 0.300. The quantitative estimate of drug-likeness (QED) is 0.281. The molecule has 2 aliphatic heterocycles. The van der Waals surface area contributed by atoms with Crippen molar-refractivity contribution in [3.05, 3.63) is 65.8 Å². The molecule has 216 valence electrons. The van der Waals surface area contributed by atoms with Crippen LogP contribution in [0.1, 0.15) is 43.3 Å². The minimum atomic E-state index is -0.600. The van der Waals surface area contributed by atoms with E-state index in [4.69, 9.17) is 9.47 Å². The number of pyridine rings is 2. The van der Waals surface area contributed by atoms with E-state index in [0.29, 0.717) is 56.9 Å². The van der Waals surface area contributed by atoms with Crippen molar-refractivity contribution >= 4 is 56.8 Å². The van der Waals surface area contributed by atoms with Crippen LogP contribution in [0.4, 0.5) is 26.8 Å². The maximum absolute atomic E-state index is 13.5. The van der Waals surface area contributed by atoms with Gasteiger partial charge in [-0.1, -0.05) is 18.2 Å². The molecule has 1 atom stereocenters. The monoisotopic (exact) mass is 586 g/mol. The maximum atomic E-state index is 13.5. The van der Waals surface area contributed by atoms with E-state index in [1.807, 2.05) is 51.1 Å². The first-order valence-corrected chi connectivity index (χ1v) is 14.5. The Morgan fingerprint density at radius 3 is 2.62 bits per heavy atom. The molecule has 3 aromatic heterocycles. The SMILES string of the molecule is CC(C)(C)OC(=O)N1CCCC(NC(=O)c2sc3nccc4c3c2NC(=O)N4c2ccc(Oc3ccccc3)cn2)C1. The number of nitrogens with zero attached hydrogens (tertiary/aromatic N) is 4. The lowest BCUT2D eigenvalue weighted by Crippen LogP contribution is -2.50. The molecule has 4 amide bonds. The number of carbonyl (C=O) groups is 3. The van der Waals surface area contributed by atoms with Gasteiger partial charge in [0.15, 0.2) is 0 Å². The number of hydrogen-bond acceptors (Lipinski definition) is 8. The fourth-order valence-electron chi connectivity index (χ4n) is 5.00. The fourth-order valence-corrected chi connectivity index (χ4v) is 6.02. The van der Waals surface area contributed by atoms with Gasteiger partial charge in [0.2, 0.25) is 0 Å². The van der Waals surface area contributed by atoms with E-state index < -0.39 is 17.7 Å². The summed E-state index contributed by atoms with van der Waals surface area (Å²) in [5.41, 5.74) is 0.393. The molecule has 1 saturated heterocycles. The average Bonchev–Trinajstić information content (AvgIpc) is 3.33. The summed E-state index contributed by atoms with van der Waals surface area (Å²) in [4.78, 5) is 52.5. The van der Waals surface area contributed by atoms with Crippen molar-refractivity contribution in [2.45, 2.75) is 45.3 Å². The van der Waals surface area contributed by atoms with E-state index >= 15 is 0 Å². The molecule has 0 radical (unpaired) electrons. The minimum Gasteiger partial charge on any atom is -0.456 e. The molecule has 2 aliphatic rings. The zero-order valence-corrected chi connectivity index (χ0v) is 24.2. The van der Waals surface area contributed by atoms with Crippen LogP contribution in [-0.4, -0.2) is 57.6 Å². The lowest BCUT2D eigenvalue weighted by molar-refractivity contribution is 0.0185. The predicted molar refractivity (Wildman–Crippen MR) is 160 cm³/mol. The zero-order chi connectivity index (χ0) is 29.4. The first-order chi connectivity index (χ1) is 20.2. The smallest absolute Gasteiger partial charge is 0.410 e. The summed E-state index contributed by atoms with van der Waals surface area (Å²) < 4.78 is 11.3. The standard InChI is InChI=1S/C30H30N6O5S/c1-30(2,3)41-29(39)35-15-7-8-18(17-35)33-26(37)25-24-23-21(13-14-31-27(23)42-25)36(28(38)34-24)22-12-11-20(16-32-22)40-19-9-5-4-6-10-19/h4-6,9-14,16,18H,7-8,15,17H2,1-3H3,(H,33,37)(H,34,38). The summed E-state index contributed by atoms with van der Waals surface area (Å²) in [5, 5.41) is 6.60. The van der Waals surface area contributed by atoms with E-state index in [9.17, 15) is 14.4 Å². The van der Waals surface area contributed by atoms with Gasteiger partial charge in [-0.15, -0.1) is 11.3 Å². The van der Waals surface area contributed by atoms with Crippen LogP contribution in [0.3, 0.4) is 0 Å². The molecule has 42 heavy (non-hydrogen) atoms. The van der Waals surface area contributed by atoms with Gasteiger partial charge in [-0.25, -0.2) is 24.5 Å². The van der Waals surface area contributed by atoms with Crippen molar-refractivity contribution in [3.63, 3.8) is 0 Å². The molecule has 6 rings (SSSR count). The summed E-state index contributed by atoms with van der Waals surface area (Å²) >= 11 is 1.21. The average molecular weight is 587 g/mol. The van der Waals surface area contributed by atoms with Crippen LogP contribution in [-0.2, 0) is 4.74 Å². The summed E-state index contributed by atoms with van der Waals surface area (Å²) in [7, 11) is 0. The van der Waals surface area contributed by atoms with Crippen LogP contribution in [0.5, 0.6) is 11.5 Å². The summed E-state index contributed by atoms with van der Waals surface area (Å²) in [6, 6.07) is 13.8. The van der Waals surface area contributed by atoms with Gasteiger partial charge in [0.1, 0.15) is 32.6 Å². The topological polar surface area (TPSA) is 126 Å². The zero-order valence-electron chi connectivity index (χ0n) is 23.4. The number of nitrogens with one attached hydrogen (secondary N) is 2. The van der Waals surface area contributed by atoms with Gasteiger partial charge >= 0.3 is 12.1 Å². The Labute approximate surface area is 246 Å². The predicted octanol–water partition coefficient (Wildman–Crippen LogP) is 6.30. The molecule has 12 heteroatoms. The third-order valence-electron chi connectivity index (χ3n) is 6.79. The van der Waals surface area contributed by atoms with Gasteiger partial charge in [0.05, 0.1) is 23.0 Å². The highest BCUT2D eigenvalue weighted by Gasteiger charge is 2.35. The minimum absolute atomic E-state index is 0.250. The van der Waals surface area contributed by atoms with Crippen molar-refractivity contribution in [2.75, 3.05) is 23.3 Å². The van der Waals surface area contributed by atoms with Gasteiger partial charge in [0, 0.05) is 25.3 Å². The van der Waals surface area contributed by atoms with Gasteiger partial charge in [-0.3, -0.25) is 4.79 Å². The number of piperidine rings is 1. The number of amides is 4. The Balaban J connectivity index is 1.22. The van der Waals surface area contributed by atoms with Crippen molar-refractivity contribution in [2.24, 2.45) is 0 Å². The number of benzene rings is 1. The Hall–Kier alpha value is -4.71. The Bertz CT molecular complexity index is 1650. The lowest BCUT2D eigenvalue weighted by atomic mass is 10.1. The third kappa shape index (κ3) is 5.57.